The molecule has 32 heavy (non-hydrogen) atoms. The van der Waals surface area contributed by atoms with Crippen molar-refractivity contribution in [3.63, 3.8) is 0 Å². The predicted molar refractivity (Wildman–Crippen MR) is 127 cm³/mol. The molecule has 2 aliphatic rings. The van der Waals surface area contributed by atoms with Crippen molar-refractivity contribution in [3.8, 4) is 0 Å². The molecular weight excluding hydrogens is 404 g/mol. The Balaban J connectivity index is 1.29. The minimum Gasteiger partial charge on any atom is -0.386 e. The number of nitrogens with one attached hydrogen (secondary N) is 1. The highest BCUT2D eigenvalue weighted by atomic mass is 16.5. The summed E-state index contributed by atoms with van der Waals surface area (Å²) in [5.41, 5.74) is 7.89. The number of aliphatic imine (C=N–C) groups is 1. The van der Waals surface area contributed by atoms with Gasteiger partial charge in [-0.1, -0.05) is 36.4 Å². The Morgan fingerprint density at radius 2 is 2.00 bits per heavy atom. The maximum atomic E-state index is 10.5. The van der Waals surface area contributed by atoms with E-state index in [-0.39, 0.29) is 6.04 Å². The lowest BCUT2D eigenvalue weighted by atomic mass is 9.89. The summed E-state index contributed by atoms with van der Waals surface area (Å²) in [6.45, 7) is 2.55. The van der Waals surface area contributed by atoms with Crippen molar-refractivity contribution in [1.82, 2.24) is 10.1 Å². The second-order valence-electron chi connectivity index (χ2n) is 8.63. The lowest BCUT2D eigenvalue weighted by molar-refractivity contribution is -0.0385. The maximum absolute atomic E-state index is 10.5. The lowest BCUT2D eigenvalue weighted by Crippen LogP contribution is -2.37. The summed E-state index contributed by atoms with van der Waals surface area (Å²) in [4.78, 5) is 6.95. The van der Waals surface area contributed by atoms with E-state index >= 15 is 0 Å². The molecule has 8 heteroatoms. The number of hydrogen-bond acceptors (Lipinski definition) is 8. The van der Waals surface area contributed by atoms with Gasteiger partial charge in [0.1, 0.15) is 6.10 Å². The second-order valence-corrected chi connectivity index (χ2v) is 8.63. The van der Waals surface area contributed by atoms with E-state index < -0.39 is 6.10 Å². The first kappa shape index (κ1) is 22.4. The number of nitrogens with two attached hydrogens (primary N) is 1. The van der Waals surface area contributed by atoms with Crippen molar-refractivity contribution in [2.24, 2.45) is 15.9 Å². The van der Waals surface area contributed by atoms with Crippen molar-refractivity contribution in [1.29, 1.82) is 0 Å². The minimum atomic E-state index is -0.576. The summed E-state index contributed by atoms with van der Waals surface area (Å²) < 4.78 is 0. The highest BCUT2D eigenvalue weighted by Gasteiger charge is 2.30. The molecule has 0 unspecified atom stereocenters. The Morgan fingerprint density at radius 1 is 1.22 bits per heavy atom. The average molecular weight is 437 g/mol. The van der Waals surface area contributed by atoms with Gasteiger partial charge < -0.3 is 10.9 Å². The molecule has 5 N–H and O–H groups in total. The van der Waals surface area contributed by atoms with Gasteiger partial charge >= 0.3 is 0 Å². The van der Waals surface area contributed by atoms with E-state index in [1.54, 1.807) is 13.3 Å². The third-order valence-electron chi connectivity index (χ3n) is 6.37. The van der Waals surface area contributed by atoms with E-state index in [1.165, 1.54) is 5.56 Å². The third-order valence-corrected chi connectivity index (χ3v) is 6.37. The van der Waals surface area contributed by atoms with Crippen LogP contribution in [0.1, 0.15) is 41.6 Å². The highest BCUT2D eigenvalue weighted by Crippen LogP contribution is 2.33. The van der Waals surface area contributed by atoms with Gasteiger partial charge in [-0.25, -0.2) is 0 Å². The SMILES string of the molecule is CN(O)Nc1cccc(C2CCN(CC(C=N[C@@H]3Cc4ccccc4[C@H]3O)=NN)CC2)c1. The van der Waals surface area contributed by atoms with E-state index in [1.807, 2.05) is 36.4 Å². The number of aliphatic hydroxyl groups excluding tert-OH is 1. The number of hydrazine groups is 1. The zero-order valence-electron chi connectivity index (χ0n) is 18.4. The van der Waals surface area contributed by atoms with Gasteiger partial charge in [0.2, 0.25) is 0 Å². The van der Waals surface area contributed by atoms with E-state index in [2.05, 4.69) is 32.6 Å². The van der Waals surface area contributed by atoms with Crippen LogP contribution in [0, 0.1) is 0 Å². The molecule has 4 rings (SSSR count). The van der Waals surface area contributed by atoms with Crippen molar-refractivity contribution in [3.05, 3.63) is 65.2 Å². The average Bonchev–Trinajstić information content (AvgIpc) is 3.12. The van der Waals surface area contributed by atoms with Crippen LogP contribution in [-0.2, 0) is 6.42 Å². The van der Waals surface area contributed by atoms with Crippen LogP contribution < -0.4 is 11.3 Å². The van der Waals surface area contributed by atoms with Crippen molar-refractivity contribution < 1.29 is 10.3 Å². The van der Waals surface area contributed by atoms with E-state index in [0.29, 0.717) is 12.5 Å². The molecule has 1 saturated heterocycles. The fourth-order valence-electron chi connectivity index (χ4n) is 4.69. The Hall–Kier alpha value is -2.78. The van der Waals surface area contributed by atoms with Crippen LogP contribution in [-0.4, -0.2) is 65.0 Å². The number of likely N-dealkylation sites (tertiary alicyclic amines) is 1. The van der Waals surface area contributed by atoms with Gasteiger partial charge in [0.25, 0.3) is 0 Å². The van der Waals surface area contributed by atoms with Crippen LogP contribution in [0.5, 0.6) is 0 Å². The van der Waals surface area contributed by atoms with Gasteiger partial charge in [-0.3, -0.25) is 20.5 Å². The van der Waals surface area contributed by atoms with E-state index in [9.17, 15) is 10.3 Å². The Labute approximate surface area is 189 Å². The fourth-order valence-corrected chi connectivity index (χ4v) is 4.69. The van der Waals surface area contributed by atoms with Gasteiger partial charge in [-0.2, -0.15) is 5.10 Å². The molecule has 0 amide bonds. The standard InChI is InChI=1S/C24H32N6O2/c1-29(32)28-20-7-4-6-18(13-20)17-9-11-30(12-10-17)16-21(27-25)15-26-23-14-19-5-2-3-8-22(19)24(23)31/h2-8,13,15,17,23-24,28,31-32H,9-12,14,16,25H2,1H3/t23-,24-/m1/s1. The molecule has 1 aliphatic carbocycles. The second kappa shape index (κ2) is 10.2. The Kier molecular flexibility index (Phi) is 7.16. The Bertz CT molecular complexity index is 968. The van der Waals surface area contributed by atoms with Gasteiger partial charge in [-0.15, -0.1) is 5.17 Å². The normalized spacial score (nSPS) is 22.6. The molecule has 1 aliphatic heterocycles. The number of aliphatic hydroxyl groups is 1. The monoisotopic (exact) mass is 436 g/mol. The van der Waals surface area contributed by atoms with Gasteiger partial charge in [0.15, 0.2) is 0 Å². The van der Waals surface area contributed by atoms with Crippen molar-refractivity contribution >= 4 is 17.6 Å². The topological polar surface area (TPSA) is 110 Å². The van der Waals surface area contributed by atoms with Crippen LogP contribution in [0.4, 0.5) is 5.69 Å². The number of anilines is 1. The first-order valence-corrected chi connectivity index (χ1v) is 11.1. The predicted octanol–water partition coefficient (Wildman–Crippen LogP) is 2.56. The van der Waals surface area contributed by atoms with E-state index in [0.717, 1.165) is 60.1 Å². The number of piperidine rings is 1. The Morgan fingerprint density at radius 3 is 2.72 bits per heavy atom. The molecular formula is C24H32N6O2. The number of hydrazone groups is 1. The molecule has 0 saturated carbocycles. The summed E-state index contributed by atoms with van der Waals surface area (Å²) in [5, 5.41) is 24.8. The zero-order valence-corrected chi connectivity index (χ0v) is 18.4. The number of hydroxylamine groups is 1. The molecule has 0 spiro atoms. The maximum Gasteiger partial charge on any atom is 0.102 e. The summed E-state index contributed by atoms with van der Waals surface area (Å²) in [6.07, 6.45) is 3.98. The molecule has 2 aromatic carbocycles. The summed E-state index contributed by atoms with van der Waals surface area (Å²) in [6, 6.07) is 16.0. The van der Waals surface area contributed by atoms with Crippen LogP contribution in [0.15, 0.2) is 58.6 Å². The first-order valence-electron chi connectivity index (χ1n) is 11.1. The lowest BCUT2D eigenvalue weighted by Gasteiger charge is -2.32. The highest BCUT2D eigenvalue weighted by molar-refractivity contribution is 6.31. The molecule has 0 radical (unpaired) electrons. The molecule has 2 aromatic rings. The number of fused-ring (bicyclic) bond motifs is 1. The van der Waals surface area contributed by atoms with Crippen LogP contribution in [0.25, 0.3) is 0 Å². The largest absolute Gasteiger partial charge is 0.386 e. The number of hydrogen-bond donors (Lipinski definition) is 4. The van der Waals surface area contributed by atoms with Crippen molar-refractivity contribution in [2.75, 3.05) is 32.1 Å². The van der Waals surface area contributed by atoms with Crippen LogP contribution in [0.3, 0.4) is 0 Å². The molecule has 0 bridgehead atoms. The van der Waals surface area contributed by atoms with Crippen LogP contribution in [0.2, 0.25) is 0 Å². The van der Waals surface area contributed by atoms with Gasteiger partial charge in [0.05, 0.1) is 17.4 Å². The molecule has 8 nitrogen and oxygen atoms in total. The van der Waals surface area contributed by atoms with Gasteiger partial charge in [-0.05, 0) is 67.1 Å². The molecule has 2 atom stereocenters. The molecule has 1 heterocycles. The minimum absolute atomic E-state index is 0.186. The third kappa shape index (κ3) is 5.34. The van der Waals surface area contributed by atoms with Crippen LogP contribution >= 0.6 is 0 Å². The summed E-state index contributed by atoms with van der Waals surface area (Å²) in [7, 11) is 1.55. The summed E-state index contributed by atoms with van der Waals surface area (Å²) in [5.74, 6) is 6.13. The fraction of sp³-hybridized carbons (Fsp3) is 0.417. The smallest absolute Gasteiger partial charge is 0.102 e. The summed E-state index contributed by atoms with van der Waals surface area (Å²) >= 11 is 0. The number of benzene rings is 2. The zero-order chi connectivity index (χ0) is 22.5. The number of rotatable bonds is 7. The molecule has 0 aromatic heterocycles. The van der Waals surface area contributed by atoms with Gasteiger partial charge in [0, 0.05) is 19.8 Å². The number of nitrogens with zero attached hydrogens (tertiary/aromatic N) is 4. The molecule has 1 fully saturated rings. The van der Waals surface area contributed by atoms with E-state index in [4.69, 9.17) is 5.84 Å². The quantitative estimate of drug-likeness (QED) is 0.302. The van der Waals surface area contributed by atoms with Crippen molar-refractivity contribution in [2.45, 2.75) is 37.3 Å². The molecule has 170 valence electrons. The first-order chi connectivity index (χ1) is 15.5.